The third-order valence-corrected chi connectivity index (χ3v) is 4.37. The van der Waals surface area contributed by atoms with Crippen molar-refractivity contribution in [1.82, 2.24) is 4.98 Å². The van der Waals surface area contributed by atoms with Gasteiger partial charge in [0, 0.05) is 16.5 Å². The van der Waals surface area contributed by atoms with Crippen LogP contribution in [0.25, 0.3) is 21.8 Å². The molecule has 0 saturated carbocycles. The summed E-state index contributed by atoms with van der Waals surface area (Å²) in [5.41, 5.74) is 2.20. The fourth-order valence-corrected chi connectivity index (χ4v) is 2.96. The number of nitrogens with zero attached hydrogens (tertiary/aromatic N) is 1. The lowest BCUT2D eigenvalue weighted by Gasteiger charge is -2.13. The molecule has 0 fully saturated rings. The lowest BCUT2D eigenvalue weighted by molar-refractivity contribution is 0.510. The van der Waals surface area contributed by atoms with Crippen LogP contribution in [0.3, 0.4) is 0 Å². The number of hydrogen-bond donors (Lipinski definition) is 1. The number of aryl methyl sites for hydroxylation is 2. The van der Waals surface area contributed by atoms with Gasteiger partial charge in [0.15, 0.2) is 17.5 Å². The first-order valence-electron chi connectivity index (χ1n) is 8.15. The van der Waals surface area contributed by atoms with Crippen LogP contribution in [0, 0.1) is 31.3 Å². The molecule has 0 spiro atoms. The lowest BCUT2D eigenvalue weighted by atomic mass is 10.1. The number of benzene rings is 3. The Bertz CT molecular complexity index is 1150. The molecule has 0 aliphatic heterocycles. The zero-order chi connectivity index (χ0) is 18.4. The second-order valence-electron chi connectivity index (χ2n) is 6.39. The van der Waals surface area contributed by atoms with E-state index in [1.807, 2.05) is 19.9 Å². The number of rotatable bonds is 2. The SMILES string of the molecule is Cc1ccc(Nc2c(F)c(F)c3cc4cc(C)ccc4nc3c2F)cc1. The van der Waals surface area contributed by atoms with Crippen LogP contribution in [0.5, 0.6) is 0 Å². The highest BCUT2D eigenvalue weighted by Gasteiger charge is 2.22. The van der Waals surface area contributed by atoms with E-state index in [0.29, 0.717) is 16.6 Å². The Morgan fingerprint density at radius 3 is 2.19 bits per heavy atom. The van der Waals surface area contributed by atoms with Gasteiger partial charge in [0.2, 0.25) is 0 Å². The summed E-state index contributed by atoms with van der Waals surface area (Å²) >= 11 is 0. The van der Waals surface area contributed by atoms with Crippen molar-refractivity contribution in [2.24, 2.45) is 0 Å². The van der Waals surface area contributed by atoms with Gasteiger partial charge >= 0.3 is 0 Å². The highest BCUT2D eigenvalue weighted by molar-refractivity contribution is 5.95. The minimum Gasteiger partial charge on any atom is -0.351 e. The van der Waals surface area contributed by atoms with Crippen LogP contribution in [0.15, 0.2) is 48.5 Å². The second kappa shape index (κ2) is 6.02. The Kier molecular flexibility index (Phi) is 3.80. The second-order valence-corrected chi connectivity index (χ2v) is 6.39. The van der Waals surface area contributed by atoms with Gasteiger partial charge in [-0.05, 0) is 44.2 Å². The maximum absolute atomic E-state index is 15.0. The highest BCUT2D eigenvalue weighted by Crippen LogP contribution is 2.34. The molecule has 0 aliphatic rings. The highest BCUT2D eigenvalue weighted by atomic mass is 19.2. The molecule has 3 aromatic carbocycles. The van der Waals surface area contributed by atoms with Gasteiger partial charge in [0.25, 0.3) is 0 Å². The summed E-state index contributed by atoms with van der Waals surface area (Å²) in [6, 6.07) is 13.7. The van der Waals surface area contributed by atoms with Gasteiger partial charge in [-0.3, -0.25) is 0 Å². The number of nitrogens with one attached hydrogen (secondary N) is 1. The molecule has 0 bridgehead atoms. The van der Waals surface area contributed by atoms with E-state index in [-0.39, 0.29) is 10.9 Å². The van der Waals surface area contributed by atoms with Crippen molar-refractivity contribution in [2.45, 2.75) is 13.8 Å². The van der Waals surface area contributed by atoms with E-state index >= 15 is 0 Å². The molecule has 1 heterocycles. The van der Waals surface area contributed by atoms with Gasteiger partial charge < -0.3 is 5.32 Å². The molecule has 26 heavy (non-hydrogen) atoms. The summed E-state index contributed by atoms with van der Waals surface area (Å²) in [6.45, 7) is 3.78. The number of aromatic nitrogens is 1. The summed E-state index contributed by atoms with van der Waals surface area (Å²) in [6.07, 6.45) is 0. The van der Waals surface area contributed by atoms with Crippen molar-refractivity contribution in [3.05, 3.63) is 77.1 Å². The zero-order valence-electron chi connectivity index (χ0n) is 14.2. The number of anilines is 2. The van der Waals surface area contributed by atoms with E-state index in [1.165, 1.54) is 6.07 Å². The Morgan fingerprint density at radius 1 is 0.769 bits per heavy atom. The van der Waals surface area contributed by atoms with E-state index in [9.17, 15) is 13.2 Å². The van der Waals surface area contributed by atoms with E-state index in [2.05, 4.69) is 10.3 Å². The van der Waals surface area contributed by atoms with Crippen LogP contribution in [-0.2, 0) is 0 Å². The fraction of sp³-hybridized carbons (Fsp3) is 0.0952. The van der Waals surface area contributed by atoms with Crippen molar-refractivity contribution < 1.29 is 13.2 Å². The van der Waals surface area contributed by atoms with Crippen molar-refractivity contribution in [2.75, 3.05) is 5.32 Å². The molecule has 130 valence electrons. The monoisotopic (exact) mass is 352 g/mol. The molecule has 0 unspecified atom stereocenters. The Labute approximate surface area is 148 Å². The van der Waals surface area contributed by atoms with Gasteiger partial charge in [0.1, 0.15) is 11.2 Å². The number of hydrogen-bond acceptors (Lipinski definition) is 2. The van der Waals surface area contributed by atoms with E-state index in [1.54, 1.807) is 36.4 Å². The van der Waals surface area contributed by atoms with E-state index in [0.717, 1.165) is 11.1 Å². The molecule has 0 amide bonds. The summed E-state index contributed by atoms with van der Waals surface area (Å²) in [7, 11) is 0. The molecular formula is C21H15F3N2. The van der Waals surface area contributed by atoms with Gasteiger partial charge in [-0.25, -0.2) is 18.2 Å². The van der Waals surface area contributed by atoms with E-state index < -0.39 is 23.1 Å². The number of pyridine rings is 1. The largest absolute Gasteiger partial charge is 0.351 e. The van der Waals surface area contributed by atoms with Gasteiger partial charge in [-0.2, -0.15) is 0 Å². The summed E-state index contributed by atoms with van der Waals surface area (Å²) in [5, 5.41) is 3.09. The summed E-state index contributed by atoms with van der Waals surface area (Å²) < 4.78 is 44.1. The Hall–Kier alpha value is -3.08. The molecule has 4 rings (SSSR count). The summed E-state index contributed by atoms with van der Waals surface area (Å²) in [5.74, 6) is -3.29. The molecule has 0 aliphatic carbocycles. The molecule has 1 N–H and O–H groups in total. The third kappa shape index (κ3) is 2.65. The molecule has 0 atom stereocenters. The van der Waals surface area contributed by atoms with Crippen molar-refractivity contribution in [3.8, 4) is 0 Å². The average Bonchev–Trinajstić information content (AvgIpc) is 2.64. The molecule has 5 heteroatoms. The first-order chi connectivity index (χ1) is 12.4. The average molecular weight is 352 g/mol. The van der Waals surface area contributed by atoms with E-state index in [4.69, 9.17) is 0 Å². The maximum atomic E-state index is 15.0. The molecule has 2 nitrogen and oxygen atoms in total. The number of halogens is 3. The minimum atomic E-state index is -1.26. The van der Waals surface area contributed by atoms with Crippen LogP contribution in [0.2, 0.25) is 0 Å². The quantitative estimate of drug-likeness (QED) is 0.345. The van der Waals surface area contributed by atoms with Crippen LogP contribution >= 0.6 is 0 Å². The van der Waals surface area contributed by atoms with Crippen LogP contribution in [-0.4, -0.2) is 4.98 Å². The first-order valence-corrected chi connectivity index (χ1v) is 8.15. The van der Waals surface area contributed by atoms with Crippen molar-refractivity contribution >= 4 is 33.2 Å². The first kappa shape index (κ1) is 16.4. The maximum Gasteiger partial charge on any atom is 0.186 e. The Morgan fingerprint density at radius 2 is 1.46 bits per heavy atom. The lowest BCUT2D eigenvalue weighted by Crippen LogP contribution is -2.03. The molecule has 0 radical (unpaired) electrons. The minimum absolute atomic E-state index is 0.174. The van der Waals surface area contributed by atoms with Gasteiger partial charge in [0.05, 0.1) is 5.52 Å². The standard InChI is InChI=1S/C21H15F3N2/c1-11-3-6-14(7-4-11)25-21-18(23)17(22)15-10-13-9-12(2)5-8-16(13)26-20(15)19(21)24/h3-10,25H,1-2H3. The predicted molar refractivity (Wildman–Crippen MR) is 98.3 cm³/mol. The third-order valence-electron chi connectivity index (χ3n) is 4.37. The topological polar surface area (TPSA) is 24.9 Å². The van der Waals surface area contributed by atoms with Crippen LogP contribution in [0.4, 0.5) is 24.5 Å². The Balaban J connectivity index is 1.95. The predicted octanol–water partition coefficient (Wildman–Crippen LogP) is 6.17. The molecule has 4 aromatic rings. The fourth-order valence-electron chi connectivity index (χ4n) is 2.96. The normalized spacial score (nSPS) is 11.3. The molecule has 0 saturated heterocycles. The summed E-state index contributed by atoms with van der Waals surface area (Å²) in [4.78, 5) is 4.22. The van der Waals surface area contributed by atoms with Crippen LogP contribution in [0.1, 0.15) is 11.1 Å². The van der Waals surface area contributed by atoms with Gasteiger partial charge in [-0.1, -0.05) is 29.3 Å². The smallest absolute Gasteiger partial charge is 0.186 e. The van der Waals surface area contributed by atoms with Crippen LogP contribution < -0.4 is 5.32 Å². The number of fused-ring (bicyclic) bond motifs is 2. The zero-order valence-corrected chi connectivity index (χ0v) is 14.2. The molecule has 1 aromatic heterocycles. The molecular weight excluding hydrogens is 337 g/mol. The van der Waals surface area contributed by atoms with Crippen molar-refractivity contribution in [1.29, 1.82) is 0 Å². The van der Waals surface area contributed by atoms with Crippen molar-refractivity contribution in [3.63, 3.8) is 0 Å². The van der Waals surface area contributed by atoms with Gasteiger partial charge in [-0.15, -0.1) is 0 Å².